The van der Waals surface area contributed by atoms with Gasteiger partial charge in [-0.25, -0.2) is 0 Å². The lowest BCUT2D eigenvalue weighted by Crippen LogP contribution is -2.39. The molecule has 0 aliphatic rings. The highest BCUT2D eigenvalue weighted by Crippen LogP contribution is 2.28. The lowest BCUT2D eigenvalue weighted by molar-refractivity contribution is -0.118. The van der Waals surface area contributed by atoms with Gasteiger partial charge in [0.25, 0.3) is 0 Å². The molecule has 0 aliphatic carbocycles. The second kappa shape index (κ2) is 17.4. The molecule has 0 aromatic heterocycles. The van der Waals surface area contributed by atoms with Crippen LogP contribution in [0.1, 0.15) is 122 Å². The molecule has 0 spiro atoms. The summed E-state index contributed by atoms with van der Waals surface area (Å²) in [5, 5.41) is 0. The molecule has 5 unspecified atom stereocenters. The molecule has 0 N–H and O–H groups in total. The van der Waals surface area contributed by atoms with Gasteiger partial charge in [0.05, 0.1) is 13.2 Å². The largest absolute Gasteiger partial charge is 0.379 e. The lowest BCUT2D eigenvalue weighted by atomic mass is 9.84. The molecule has 0 radical (unpaired) electrons. The molecule has 0 bridgehead atoms. The molecule has 36 heavy (non-hydrogen) atoms. The summed E-state index contributed by atoms with van der Waals surface area (Å²) in [4.78, 5) is 0. The highest BCUT2D eigenvalue weighted by Gasteiger charge is 2.25. The highest BCUT2D eigenvalue weighted by molar-refractivity contribution is 4.73. The smallest absolute Gasteiger partial charge is 0.109 e. The minimum Gasteiger partial charge on any atom is -0.379 e. The van der Waals surface area contributed by atoms with Crippen LogP contribution in [-0.4, -0.2) is 52.4 Å². The van der Waals surface area contributed by atoms with Gasteiger partial charge in [-0.1, -0.05) is 83.1 Å². The van der Waals surface area contributed by atoms with Crippen LogP contribution in [0.25, 0.3) is 0 Å². The van der Waals surface area contributed by atoms with Gasteiger partial charge < -0.3 is 18.9 Å². The van der Waals surface area contributed by atoms with Gasteiger partial charge in [-0.05, 0) is 72.5 Å². The Morgan fingerprint density at radius 2 is 0.833 bits per heavy atom. The molecule has 4 nitrogen and oxygen atoms in total. The van der Waals surface area contributed by atoms with Crippen LogP contribution in [0.2, 0.25) is 0 Å². The second-order valence-corrected chi connectivity index (χ2v) is 15.3. The maximum atomic E-state index is 6.38. The van der Waals surface area contributed by atoms with E-state index in [1.165, 1.54) is 19.3 Å². The molecule has 0 aromatic carbocycles. The third-order valence-corrected chi connectivity index (χ3v) is 6.62. The van der Waals surface area contributed by atoms with Crippen LogP contribution in [0, 0.1) is 34.0 Å². The Kier molecular flexibility index (Phi) is 17.4. The summed E-state index contributed by atoms with van der Waals surface area (Å²) in [6.45, 7) is 31.1. The highest BCUT2D eigenvalue weighted by atomic mass is 16.6. The molecule has 0 saturated carbocycles. The zero-order chi connectivity index (χ0) is 28.0. The zero-order valence-corrected chi connectivity index (χ0v) is 26.8. The molecule has 5 atom stereocenters. The van der Waals surface area contributed by atoms with Gasteiger partial charge in [0.2, 0.25) is 0 Å². The van der Waals surface area contributed by atoms with E-state index in [2.05, 4.69) is 83.1 Å². The van der Waals surface area contributed by atoms with E-state index in [1.54, 1.807) is 7.11 Å². The molecule has 0 aromatic rings. The molecule has 0 aliphatic heterocycles. The number of rotatable bonds is 19. The maximum absolute atomic E-state index is 6.38. The fourth-order valence-corrected chi connectivity index (χ4v) is 5.42. The Morgan fingerprint density at radius 1 is 0.500 bits per heavy atom. The van der Waals surface area contributed by atoms with Crippen molar-refractivity contribution >= 4 is 0 Å². The number of hydrogen-bond acceptors (Lipinski definition) is 4. The predicted octanol–water partition coefficient (Wildman–Crippen LogP) is 8.81. The van der Waals surface area contributed by atoms with Crippen molar-refractivity contribution in [2.24, 2.45) is 34.0 Å². The van der Waals surface area contributed by atoms with E-state index < -0.39 is 0 Å². The first-order valence-corrected chi connectivity index (χ1v) is 14.7. The molecule has 0 fully saturated rings. The van der Waals surface area contributed by atoms with E-state index in [9.17, 15) is 0 Å². The van der Waals surface area contributed by atoms with Crippen molar-refractivity contribution < 1.29 is 18.9 Å². The molecule has 0 rings (SSSR count). The monoisotopic (exact) mass is 514 g/mol. The molecular weight excluding hydrogens is 448 g/mol. The predicted molar refractivity (Wildman–Crippen MR) is 156 cm³/mol. The fraction of sp³-hybridized carbons (Fsp3) is 1.00. The Hall–Kier alpha value is -0.160. The van der Waals surface area contributed by atoms with E-state index in [1.807, 2.05) is 0 Å². The third-order valence-electron chi connectivity index (χ3n) is 6.62. The van der Waals surface area contributed by atoms with Crippen LogP contribution in [0.5, 0.6) is 0 Å². The van der Waals surface area contributed by atoms with Crippen molar-refractivity contribution in [3.8, 4) is 0 Å². The SMILES string of the molecule is COC(COCCC(C)CC(C)(C)C)C(COCCC(C)CC(C)(C)C)OCCC(C)CC(C)(C)C. The first-order valence-electron chi connectivity index (χ1n) is 14.7. The van der Waals surface area contributed by atoms with E-state index in [4.69, 9.17) is 18.9 Å². The van der Waals surface area contributed by atoms with Crippen LogP contribution in [0.3, 0.4) is 0 Å². The summed E-state index contributed by atoms with van der Waals surface area (Å²) < 4.78 is 24.5. The van der Waals surface area contributed by atoms with Crippen molar-refractivity contribution in [2.45, 2.75) is 134 Å². The van der Waals surface area contributed by atoms with Gasteiger partial charge in [-0.3, -0.25) is 0 Å². The van der Waals surface area contributed by atoms with Crippen LogP contribution in [-0.2, 0) is 18.9 Å². The molecule has 0 saturated heterocycles. The summed E-state index contributed by atoms with van der Waals surface area (Å²) in [5.74, 6) is 1.94. The first kappa shape index (κ1) is 35.8. The van der Waals surface area contributed by atoms with Crippen LogP contribution in [0.15, 0.2) is 0 Å². The van der Waals surface area contributed by atoms with Crippen LogP contribution >= 0.6 is 0 Å². The average Bonchev–Trinajstić information content (AvgIpc) is 2.66. The fourth-order valence-electron chi connectivity index (χ4n) is 5.42. The zero-order valence-electron chi connectivity index (χ0n) is 26.8. The van der Waals surface area contributed by atoms with Gasteiger partial charge >= 0.3 is 0 Å². The van der Waals surface area contributed by atoms with E-state index in [0.717, 1.165) is 39.1 Å². The summed E-state index contributed by atoms with van der Waals surface area (Å²) in [7, 11) is 1.76. The maximum Gasteiger partial charge on any atom is 0.109 e. The average molecular weight is 515 g/mol. The minimum absolute atomic E-state index is 0.109. The van der Waals surface area contributed by atoms with Crippen molar-refractivity contribution in [1.82, 2.24) is 0 Å². The summed E-state index contributed by atoms with van der Waals surface area (Å²) in [6, 6.07) is 0. The normalized spacial score (nSPS) is 17.6. The van der Waals surface area contributed by atoms with Gasteiger partial charge in [0.15, 0.2) is 0 Å². The van der Waals surface area contributed by atoms with E-state index in [-0.39, 0.29) is 12.2 Å². The van der Waals surface area contributed by atoms with Crippen molar-refractivity contribution in [3.05, 3.63) is 0 Å². The van der Waals surface area contributed by atoms with Gasteiger partial charge in [0.1, 0.15) is 12.2 Å². The number of hydrogen-bond donors (Lipinski definition) is 0. The van der Waals surface area contributed by atoms with Crippen LogP contribution in [0.4, 0.5) is 0 Å². The van der Waals surface area contributed by atoms with Crippen LogP contribution < -0.4 is 0 Å². The lowest BCUT2D eigenvalue weighted by Gasteiger charge is -2.28. The Labute approximate surface area is 227 Å². The quantitative estimate of drug-likeness (QED) is 0.161. The summed E-state index contributed by atoms with van der Waals surface area (Å²) >= 11 is 0. The van der Waals surface area contributed by atoms with E-state index >= 15 is 0 Å². The number of ether oxygens (including phenoxy) is 4. The molecular formula is C32H66O4. The van der Waals surface area contributed by atoms with Crippen molar-refractivity contribution in [1.29, 1.82) is 0 Å². The second-order valence-electron chi connectivity index (χ2n) is 15.3. The minimum atomic E-state index is -0.118. The van der Waals surface area contributed by atoms with Crippen molar-refractivity contribution in [3.63, 3.8) is 0 Å². The molecule has 0 amide bonds. The summed E-state index contributed by atoms with van der Waals surface area (Å²) in [5.41, 5.74) is 1.07. The molecule has 4 heteroatoms. The first-order chi connectivity index (χ1) is 16.4. The van der Waals surface area contributed by atoms with Gasteiger partial charge in [-0.2, -0.15) is 0 Å². The molecule has 0 heterocycles. The Bertz CT molecular complexity index is 526. The van der Waals surface area contributed by atoms with Gasteiger partial charge in [0, 0.05) is 26.9 Å². The standard InChI is InChI=1S/C32H66O4/c1-25(20-30(4,5)6)14-17-34-23-28(33-13)29(36-19-16-27(3)22-32(10,11)12)24-35-18-15-26(2)21-31(7,8)9/h25-29H,14-24H2,1-13H3. The topological polar surface area (TPSA) is 36.9 Å². The summed E-state index contributed by atoms with van der Waals surface area (Å²) in [6.07, 6.45) is 6.60. The van der Waals surface area contributed by atoms with Crippen molar-refractivity contribution in [2.75, 3.05) is 40.1 Å². The number of methoxy groups -OCH3 is 1. The Balaban J connectivity index is 4.76. The molecule has 218 valence electrons. The third kappa shape index (κ3) is 21.9. The van der Waals surface area contributed by atoms with Gasteiger partial charge in [-0.15, -0.1) is 0 Å². The van der Waals surface area contributed by atoms with E-state index in [0.29, 0.717) is 47.2 Å². The Morgan fingerprint density at radius 3 is 1.17 bits per heavy atom.